The zero-order valence-electron chi connectivity index (χ0n) is 16.4. The van der Waals surface area contributed by atoms with E-state index in [-0.39, 0.29) is 17.9 Å². The van der Waals surface area contributed by atoms with Crippen molar-refractivity contribution in [3.05, 3.63) is 105 Å². The number of carbonyl (C=O) groups excluding carboxylic acids is 3. The maximum absolute atomic E-state index is 12.8. The average molecular weight is 416 g/mol. The van der Waals surface area contributed by atoms with Crippen molar-refractivity contribution >= 4 is 29.2 Å². The zero-order valence-corrected chi connectivity index (χ0v) is 16.4. The average Bonchev–Trinajstić information content (AvgIpc) is 3.03. The van der Waals surface area contributed by atoms with E-state index < -0.39 is 22.7 Å². The number of esters is 1. The van der Waals surface area contributed by atoms with E-state index >= 15 is 0 Å². The lowest BCUT2D eigenvalue weighted by Gasteiger charge is -2.17. The van der Waals surface area contributed by atoms with Crippen LogP contribution in [0.3, 0.4) is 0 Å². The normalized spacial score (nSPS) is 12.6. The number of hydrogen-bond acceptors (Lipinski definition) is 6. The number of hydrogen-bond donors (Lipinski definition) is 0. The minimum atomic E-state index is -0.642. The van der Waals surface area contributed by atoms with E-state index in [9.17, 15) is 24.5 Å². The first-order chi connectivity index (χ1) is 14.9. The van der Waals surface area contributed by atoms with E-state index in [2.05, 4.69) is 0 Å². The molecule has 8 heteroatoms. The number of rotatable bonds is 5. The van der Waals surface area contributed by atoms with Gasteiger partial charge in [-0.1, -0.05) is 18.2 Å². The van der Waals surface area contributed by atoms with Crippen LogP contribution in [-0.4, -0.2) is 22.7 Å². The summed E-state index contributed by atoms with van der Waals surface area (Å²) in [7, 11) is 0. The second kappa shape index (κ2) is 7.83. The van der Waals surface area contributed by atoms with Gasteiger partial charge < -0.3 is 4.74 Å². The van der Waals surface area contributed by atoms with Crippen molar-refractivity contribution in [3.8, 4) is 0 Å². The van der Waals surface area contributed by atoms with Crippen molar-refractivity contribution < 1.29 is 24.0 Å². The van der Waals surface area contributed by atoms with Crippen LogP contribution in [0.4, 0.5) is 11.4 Å². The number of aryl methyl sites for hydroxylation is 1. The second-order valence-corrected chi connectivity index (χ2v) is 6.99. The van der Waals surface area contributed by atoms with Gasteiger partial charge in [-0.2, -0.15) is 0 Å². The summed E-state index contributed by atoms with van der Waals surface area (Å²) in [5.74, 6) is -1.53. The predicted molar refractivity (Wildman–Crippen MR) is 111 cm³/mol. The lowest BCUT2D eigenvalue weighted by atomic mass is 10.1. The van der Waals surface area contributed by atoms with Gasteiger partial charge in [0.1, 0.15) is 6.61 Å². The van der Waals surface area contributed by atoms with Crippen LogP contribution in [0, 0.1) is 17.0 Å². The molecule has 0 saturated heterocycles. The summed E-state index contributed by atoms with van der Waals surface area (Å²) >= 11 is 0. The number of benzene rings is 3. The molecule has 4 rings (SSSR count). The monoisotopic (exact) mass is 416 g/mol. The molecular weight excluding hydrogens is 400 g/mol. The van der Waals surface area contributed by atoms with Crippen LogP contribution in [0.2, 0.25) is 0 Å². The molecular formula is C23H16N2O6. The number of imide groups is 1. The van der Waals surface area contributed by atoms with Gasteiger partial charge in [-0.3, -0.25) is 19.7 Å². The SMILES string of the molecule is Cc1ccc(C(=O)OCc2ccc([N+](=O)[O-])cc2)cc1N1C(=O)c2ccccc2C1=O. The Morgan fingerprint density at radius 2 is 1.58 bits per heavy atom. The molecule has 1 aliphatic heterocycles. The fraction of sp³-hybridized carbons (Fsp3) is 0.0870. The molecule has 31 heavy (non-hydrogen) atoms. The van der Waals surface area contributed by atoms with Crippen molar-refractivity contribution in [3.63, 3.8) is 0 Å². The highest BCUT2D eigenvalue weighted by Gasteiger charge is 2.37. The van der Waals surface area contributed by atoms with Gasteiger partial charge in [0.05, 0.1) is 27.3 Å². The van der Waals surface area contributed by atoms with E-state index in [1.54, 1.807) is 43.3 Å². The Kier molecular flexibility index (Phi) is 5.04. The smallest absolute Gasteiger partial charge is 0.338 e. The molecule has 0 bridgehead atoms. The minimum absolute atomic E-state index is 0.0563. The Balaban J connectivity index is 1.54. The largest absolute Gasteiger partial charge is 0.457 e. The van der Waals surface area contributed by atoms with E-state index in [0.29, 0.717) is 27.9 Å². The van der Waals surface area contributed by atoms with Crippen LogP contribution < -0.4 is 4.90 Å². The molecule has 0 N–H and O–H groups in total. The van der Waals surface area contributed by atoms with E-state index in [4.69, 9.17) is 4.74 Å². The molecule has 154 valence electrons. The van der Waals surface area contributed by atoms with Gasteiger partial charge in [-0.15, -0.1) is 0 Å². The van der Waals surface area contributed by atoms with Gasteiger partial charge >= 0.3 is 5.97 Å². The van der Waals surface area contributed by atoms with E-state index in [1.165, 1.54) is 30.3 Å². The summed E-state index contributed by atoms with van der Waals surface area (Å²) in [5, 5.41) is 10.7. The van der Waals surface area contributed by atoms with E-state index in [0.717, 1.165) is 4.90 Å². The molecule has 8 nitrogen and oxygen atoms in total. The Morgan fingerprint density at radius 3 is 2.16 bits per heavy atom. The van der Waals surface area contributed by atoms with Crippen LogP contribution >= 0.6 is 0 Å². The molecule has 0 spiro atoms. The molecule has 2 amide bonds. The summed E-state index contributed by atoms with van der Waals surface area (Å²) in [6.07, 6.45) is 0. The molecule has 0 radical (unpaired) electrons. The Hall–Kier alpha value is -4.33. The third-order valence-corrected chi connectivity index (χ3v) is 5.00. The number of ether oxygens (including phenoxy) is 1. The summed E-state index contributed by atoms with van der Waals surface area (Å²) in [6, 6.07) is 16.9. The number of fused-ring (bicyclic) bond motifs is 1. The quantitative estimate of drug-likeness (QED) is 0.269. The Morgan fingerprint density at radius 1 is 0.968 bits per heavy atom. The third kappa shape index (κ3) is 3.66. The topological polar surface area (TPSA) is 107 Å². The second-order valence-electron chi connectivity index (χ2n) is 6.99. The molecule has 0 saturated carbocycles. The van der Waals surface area contributed by atoms with Gasteiger partial charge in [0.15, 0.2) is 0 Å². The van der Waals surface area contributed by atoms with Crippen molar-refractivity contribution in [1.82, 2.24) is 0 Å². The predicted octanol–water partition coefficient (Wildman–Crippen LogP) is 4.06. The van der Waals surface area contributed by atoms with Crippen molar-refractivity contribution in [1.29, 1.82) is 0 Å². The van der Waals surface area contributed by atoms with Gasteiger partial charge in [-0.05, 0) is 54.4 Å². The molecule has 0 unspecified atom stereocenters. The Labute approximate surface area is 176 Å². The number of nitro groups is 1. The van der Waals surface area contributed by atoms with E-state index in [1.807, 2.05) is 0 Å². The first-order valence-corrected chi connectivity index (χ1v) is 9.36. The van der Waals surface area contributed by atoms with Crippen LogP contribution in [-0.2, 0) is 11.3 Å². The maximum Gasteiger partial charge on any atom is 0.338 e. The van der Waals surface area contributed by atoms with Crippen molar-refractivity contribution in [2.24, 2.45) is 0 Å². The Bertz CT molecular complexity index is 1200. The van der Waals surface area contributed by atoms with Gasteiger partial charge in [0.25, 0.3) is 17.5 Å². The lowest BCUT2D eigenvalue weighted by molar-refractivity contribution is -0.384. The first kappa shape index (κ1) is 20.0. The molecule has 3 aromatic rings. The maximum atomic E-state index is 12.8. The molecule has 3 aromatic carbocycles. The fourth-order valence-corrected chi connectivity index (χ4v) is 3.33. The standard InChI is InChI=1S/C23H16N2O6/c1-14-6-9-16(23(28)31-13-15-7-10-17(11-8-15)25(29)30)12-20(14)24-21(26)18-4-2-3-5-19(18)22(24)27/h2-12H,13H2,1H3. The number of amides is 2. The zero-order chi connectivity index (χ0) is 22.1. The highest BCUT2D eigenvalue weighted by Crippen LogP contribution is 2.31. The van der Waals surface area contributed by atoms with Crippen LogP contribution in [0.5, 0.6) is 0 Å². The summed E-state index contributed by atoms with van der Waals surface area (Å²) in [6.45, 7) is 1.66. The first-order valence-electron chi connectivity index (χ1n) is 9.36. The van der Waals surface area contributed by atoms with Gasteiger partial charge in [0.2, 0.25) is 0 Å². The van der Waals surface area contributed by atoms with Crippen molar-refractivity contribution in [2.45, 2.75) is 13.5 Å². The molecule has 1 heterocycles. The highest BCUT2D eigenvalue weighted by molar-refractivity contribution is 6.34. The molecule has 0 aliphatic carbocycles. The molecule has 1 aliphatic rings. The van der Waals surface area contributed by atoms with Gasteiger partial charge in [0, 0.05) is 12.1 Å². The van der Waals surface area contributed by atoms with Crippen LogP contribution in [0.1, 0.15) is 42.2 Å². The fourth-order valence-electron chi connectivity index (χ4n) is 3.33. The third-order valence-electron chi connectivity index (χ3n) is 5.00. The summed E-state index contributed by atoms with van der Waals surface area (Å²) in [4.78, 5) is 49.3. The number of nitrogens with zero attached hydrogens (tertiary/aromatic N) is 2. The lowest BCUT2D eigenvalue weighted by Crippen LogP contribution is -2.30. The summed E-state index contributed by atoms with van der Waals surface area (Å²) in [5.41, 5.74) is 2.32. The highest BCUT2D eigenvalue weighted by atomic mass is 16.6. The number of non-ortho nitro benzene ring substituents is 1. The van der Waals surface area contributed by atoms with Crippen molar-refractivity contribution in [2.75, 3.05) is 4.90 Å². The summed E-state index contributed by atoms with van der Waals surface area (Å²) < 4.78 is 5.29. The van der Waals surface area contributed by atoms with Gasteiger partial charge in [-0.25, -0.2) is 9.69 Å². The van der Waals surface area contributed by atoms with Crippen LogP contribution in [0.15, 0.2) is 66.7 Å². The number of anilines is 1. The molecule has 0 fully saturated rings. The molecule has 0 aromatic heterocycles. The number of nitro benzene ring substituents is 1. The van der Waals surface area contributed by atoms with Crippen LogP contribution in [0.25, 0.3) is 0 Å². The number of carbonyl (C=O) groups is 3. The molecule has 0 atom stereocenters. The minimum Gasteiger partial charge on any atom is -0.457 e.